The van der Waals surface area contributed by atoms with Crippen molar-refractivity contribution in [2.75, 3.05) is 11.5 Å². The fourth-order valence-electron chi connectivity index (χ4n) is 1.20. The predicted octanol–water partition coefficient (Wildman–Crippen LogP) is 0.991. The SMILES string of the molecule is CC(=O)SCC(O)C(O)c1cc(Cl)cnc1N. The van der Waals surface area contributed by atoms with Crippen LogP contribution in [0.15, 0.2) is 12.3 Å². The Labute approximate surface area is 108 Å². The van der Waals surface area contributed by atoms with Gasteiger partial charge < -0.3 is 15.9 Å². The van der Waals surface area contributed by atoms with Gasteiger partial charge in [-0.3, -0.25) is 4.79 Å². The number of nitrogens with zero attached hydrogens (tertiary/aromatic N) is 1. The van der Waals surface area contributed by atoms with E-state index in [1.165, 1.54) is 19.2 Å². The van der Waals surface area contributed by atoms with E-state index in [1.54, 1.807) is 0 Å². The van der Waals surface area contributed by atoms with Crippen LogP contribution >= 0.6 is 23.4 Å². The molecule has 2 unspecified atom stereocenters. The minimum Gasteiger partial charge on any atom is -0.389 e. The fraction of sp³-hybridized carbons (Fsp3) is 0.400. The number of pyridine rings is 1. The summed E-state index contributed by atoms with van der Waals surface area (Å²) in [6, 6.07) is 1.44. The summed E-state index contributed by atoms with van der Waals surface area (Å²) in [6.45, 7) is 1.39. The number of hydrogen-bond acceptors (Lipinski definition) is 6. The first kappa shape index (κ1) is 14.2. The molecular formula is C10H13ClN2O3S. The molecule has 5 nitrogen and oxygen atoms in total. The van der Waals surface area contributed by atoms with Crippen LogP contribution in [0.5, 0.6) is 0 Å². The topological polar surface area (TPSA) is 96.4 Å². The Morgan fingerprint density at radius 3 is 2.88 bits per heavy atom. The van der Waals surface area contributed by atoms with E-state index in [9.17, 15) is 15.0 Å². The van der Waals surface area contributed by atoms with Crippen molar-refractivity contribution >= 4 is 34.3 Å². The molecule has 0 radical (unpaired) electrons. The van der Waals surface area contributed by atoms with Gasteiger partial charge >= 0.3 is 0 Å². The lowest BCUT2D eigenvalue weighted by Crippen LogP contribution is -2.22. The third kappa shape index (κ3) is 4.16. The Bertz CT molecular complexity index is 417. The minimum atomic E-state index is -1.21. The molecule has 0 aliphatic carbocycles. The molecule has 0 spiro atoms. The first-order valence-corrected chi connectivity index (χ1v) is 6.18. The molecule has 0 aromatic carbocycles. The molecule has 0 bridgehead atoms. The van der Waals surface area contributed by atoms with E-state index in [0.717, 1.165) is 11.8 Å². The second-order valence-corrected chi connectivity index (χ2v) is 5.08. The van der Waals surface area contributed by atoms with Gasteiger partial charge in [0.15, 0.2) is 5.12 Å². The number of thioether (sulfide) groups is 1. The summed E-state index contributed by atoms with van der Waals surface area (Å²) < 4.78 is 0. The van der Waals surface area contributed by atoms with Crippen molar-refractivity contribution in [3.8, 4) is 0 Å². The van der Waals surface area contributed by atoms with Crippen molar-refractivity contribution in [2.24, 2.45) is 0 Å². The molecule has 1 heterocycles. The number of carbonyl (C=O) groups excluding carboxylic acids is 1. The number of aliphatic hydroxyl groups excluding tert-OH is 2. The monoisotopic (exact) mass is 276 g/mol. The number of hydrogen-bond donors (Lipinski definition) is 3. The van der Waals surface area contributed by atoms with Gasteiger partial charge in [0.25, 0.3) is 0 Å². The summed E-state index contributed by atoms with van der Waals surface area (Å²) in [5, 5.41) is 19.7. The predicted molar refractivity (Wildman–Crippen MR) is 67.8 cm³/mol. The summed E-state index contributed by atoms with van der Waals surface area (Å²) in [6.07, 6.45) is -0.969. The zero-order valence-corrected chi connectivity index (χ0v) is 10.7. The molecule has 0 saturated carbocycles. The Balaban J connectivity index is 2.77. The normalized spacial score (nSPS) is 14.4. The van der Waals surface area contributed by atoms with Crippen molar-refractivity contribution in [3.63, 3.8) is 0 Å². The zero-order chi connectivity index (χ0) is 13.0. The second-order valence-electron chi connectivity index (χ2n) is 3.44. The van der Waals surface area contributed by atoms with Gasteiger partial charge in [0.2, 0.25) is 0 Å². The van der Waals surface area contributed by atoms with Crippen LogP contribution in [-0.2, 0) is 4.79 Å². The number of nitrogens with two attached hydrogens (primary N) is 1. The third-order valence-electron chi connectivity index (χ3n) is 2.06. The molecule has 0 aliphatic rings. The Morgan fingerprint density at radius 1 is 1.65 bits per heavy atom. The fourth-order valence-corrected chi connectivity index (χ4v) is 1.96. The molecule has 1 aromatic heterocycles. The summed E-state index contributed by atoms with van der Waals surface area (Å²) in [7, 11) is 0. The molecule has 1 rings (SSSR count). The van der Waals surface area contributed by atoms with Gasteiger partial charge in [-0.05, 0) is 6.07 Å². The van der Waals surface area contributed by atoms with E-state index >= 15 is 0 Å². The molecule has 17 heavy (non-hydrogen) atoms. The number of aliphatic hydroxyl groups is 2. The Morgan fingerprint density at radius 2 is 2.29 bits per heavy atom. The molecule has 2 atom stereocenters. The van der Waals surface area contributed by atoms with Gasteiger partial charge in [0.05, 0.1) is 11.1 Å². The van der Waals surface area contributed by atoms with Gasteiger partial charge in [0.1, 0.15) is 11.9 Å². The van der Waals surface area contributed by atoms with Crippen LogP contribution in [0.1, 0.15) is 18.6 Å². The molecule has 0 fully saturated rings. The van der Waals surface area contributed by atoms with Crippen LogP contribution in [0.3, 0.4) is 0 Å². The molecule has 7 heteroatoms. The average Bonchev–Trinajstić information content (AvgIpc) is 2.28. The Kier molecular flexibility index (Phi) is 5.20. The summed E-state index contributed by atoms with van der Waals surface area (Å²) in [5.41, 5.74) is 5.83. The maximum Gasteiger partial charge on any atom is 0.185 e. The maximum absolute atomic E-state index is 10.7. The lowest BCUT2D eigenvalue weighted by molar-refractivity contribution is -0.109. The summed E-state index contributed by atoms with van der Waals surface area (Å²) in [4.78, 5) is 14.5. The summed E-state index contributed by atoms with van der Waals surface area (Å²) >= 11 is 6.65. The highest BCUT2D eigenvalue weighted by atomic mass is 35.5. The van der Waals surface area contributed by atoms with Crippen LogP contribution in [0, 0.1) is 0 Å². The third-order valence-corrected chi connectivity index (χ3v) is 3.18. The van der Waals surface area contributed by atoms with Crippen molar-refractivity contribution in [2.45, 2.75) is 19.1 Å². The van der Waals surface area contributed by atoms with Gasteiger partial charge in [0, 0.05) is 24.4 Å². The number of rotatable bonds is 4. The molecule has 0 saturated heterocycles. The number of anilines is 1. The minimum absolute atomic E-state index is 0.0858. The quantitative estimate of drug-likeness (QED) is 0.759. The number of halogens is 1. The first-order valence-electron chi connectivity index (χ1n) is 4.82. The zero-order valence-electron chi connectivity index (χ0n) is 9.13. The molecule has 0 amide bonds. The molecular weight excluding hydrogens is 264 g/mol. The van der Waals surface area contributed by atoms with Gasteiger partial charge in [-0.25, -0.2) is 4.98 Å². The van der Waals surface area contributed by atoms with Gasteiger partial charge in [-0.1, -0.05) is 23.4 Å². The van der Waals surface area contributed by atoms with Crippen molar-refractivity contribution in [1.29, 1.82) is 0 Å². The van der Waals surface area contributed by atoms with Crippen LogP contribution in [0.2, 0.25) is 5.02 Å². The van der Waals surface area contributed by atoms with E-state index in [1.807, 2.05) is 0 Å². The average molecular weight is 277 g/mol. The van der Waals surface area contributed by atoms with Gasteiger partial charge in [-0.15, -0.1) is 0 Å². The van der Waals surface area contributed by atoms with Crippen molar-refractivity contribution in [3.05, 3.63) is 22.8 Å². The maximum atomic E-state index is 10.7. The van der Waals surface area contributed by atoms with E-state index in [0.29, 0.717) is 5.02 Å². The second kappa shape index (κ2) is 6.20. The molecule has 94 valence electrons. The van der Waals surface area contributed by atoms with E-state index in [-0.39, 0.29) is 22.2 Å². The molecule has 0 aliphatic heterocycles. The highest BCUT2D eigenvalue weighted by molar-refractivity contribution is 8.13. The van der Waals surface area contributed by atoms with Crippen LogP contribution in [-0.4, -0.2) is 32.2 Å². The van der Waals surface area contributed by atoms with E-state index in [4.69, 9.17) is 17.3 Å². The lowest BCUT2D eigenvalue weighted by Gasteiger charge is -2.18. The van der Waals surface area contributed by atoms with Gasteiger partial charge in [-0.2, -0.15) is 0 Å². The number of nitrogen functional groups attached to an aromatic ring is 1. The van der Waals surface area contributed by atoms with Crippen LogP contribution in [0.4, 0.5) is 5.82 Å². The number of aromatic nitrogens is 1. The molecule has 4 N–H and O–H groups in total. The first-order chi connectivity index (χ1) is 7.91. The Hall–Kier alpha value is -0.820. The largest absolute Gasteiger partial charge is 0.389 e. The standard InChI is InChI=1S/C10H13ClN2O3S/c1-5(14)17-4-8(15)9(16)7-2-6(11)3-13-10(7)12/h2-3,8-9,15-16H,4H2,1H3,(H2,12,13). The van der Waals surface area contributed by atoms with E-state index < -0.39 is 12.2 Å². The highest BCUT2D eigenvalue weighted by Crippen LogP contribution is 2.26. The molecule has 1 aromatic rings. The van der Waals surface area contributed by atoms with Crippen LogP contribution in [0.25, 0.3) is 0 Å². The van der Waals surface area contributed by atoms with Crippen LogP contribution < -0.4 is 5.73 Å². The number of carbonyl (C=O) groups is 1. The van der Waals surface area contributed by atoms with Crippen molar-refractivity contribution < 1.29 is 15.0 Å². The van der Waals surface area contributed by atoms with E-state index in [2.05, 4.69) is 4.98 Å². The lowest BCUT2D eigenvalue weighted by atomic mass is 10.1. The highest BCUT2D eigenvalue weighted by Gasteiger charge is 2.22. The van der Waals surface area contributed by atoms with Crippen molar-refractivity contribution in [1.82, 2.24) is 4.98 Å². The smallest absolute Gasteiger partial charge is 0.185 e. The summed E-state index contributed by atoms with van der Waals surface area (Å²) in [5.74, 6) is 0.191.